The summed E-state index contributed by atoms with van der Waals surface area (Å²) in [5.41, 5.74) is -0.942. The quantitative estimate of drug-likeness (QED) is 0.183. The summed E-state index contributed by atoms with van der Waals surface area (Å²) in [5, 5.41) is 5.77. The normalized spacial score (nSPS) is 23.1. The van der Waals surface area contributed by atoms with Crippen LogP contribution in [-0.4, -0.2) is 63.8 Å². The zero-order valence-electron chi connectivity index (χ0n) is 25.8. The average Bonchev–Trinajstić information content (AvgIpc) is 3.60. The lowest BCUT2D eigenvalue weighted by Crippen LogP contribution is -2.53. The molecule has 0 aromatic carbocycles. The zero-order chi connectivity index (χ0) is 31.2. The fourth-order valence-corrected chi connectivity index (χ4v) is 5.44. The number of amides is 2. The number of allylic oxidation sites excluding steroid dienone is 1. The van der Waals surface area contributed by atoms with Gasteiger partial charge >= 0.3 is 5.97 Å². The first-order valence-electron chi connectivity index (χ1n) is 15.4. The van der Waals surface area contributed by atoms with Crippen LogP contribution >= 0.6 is 11.8 Å². The molecule has 2 aliphatic rings. The highest BCUT2D eigenvalue weighted by molar-refractivity contribution is 8.13. The van der Waals surface area contributed by atoms with Gasteiger partial charge in [-0.2, -0.15) is 0 Å². The summed E-state index contributed by atoms with van der Waals surface area (Å²) in [6, 6.07) is -0.949. The highest BCUT2D eigenvalue weighted by atomic mass is 32.2. The van der Waals surface area contributed by atoms with Gasteiger partial charge in [0.25, 0.3) is 5.91 Å². The molecule has 0 saturated carbocycles. The first-order chi connectivity index (χ1) is 20.6. The Morgan fingerprint density at radius 2 is 1.95 bits per heavy atom. The van der Waals surface area contributed by atoms with Crippen molar-refractivity contribution in [3.63, 3.8) is 0 Å². The maximum Gasteiger partial charge on any atom is 0.329 e. The Balaban J connectivity index is 1.58. The van der Waals surface area contributed by atoms with Crippen LogP contribution in [0, 0.1) is 5.92 Å². The summed E-state index contributed by atoms with van der Waals surface area (Å²) in [6.07, 6.45) is 12.8. The van der Waals surface area contributed by atoms with E-state index in [0.29, 0.717) is 18.5 Å². The maximum atomic E-state index is 13.2. The van der Waals surface area contributed by atoms with E-state index < -0.39 is 29.6 Å². The summed E-state index contributed by atoms with van der Waals surface area (Å²) >= 11 is 1.40. The van der Waals surface area contributed by atoms with Crippen LogP contribution in [-0.2, 0) is 35.2 Å². The van der Waals surface area contributed by atoms with Gasteiger partial charge in [-0.1, -0.05) is 64.3 Å². The van der Waals surface area contributed by atoms with E-state index in [1.807, 2.05) is 6.08 Å². The van der Waals surface area contributed by atoms with E-state index in [1.54, 1.807) is 26.8 Å². The van der Waals surface area contributed by atoms with Crippen molar-refractivity contribution in [1.29, 1.82) is 0 Å². The van der Waals surface area contributed by atoms with Crippen molar-refractivity contribution in [3.05, 3.63) is 30.0 Å². The largest absolute Gasteiger partial charge is 0.473 e. The molecule has 0 saturated heterocycles. The second kappa shape index (κ2) is 17.2. The fraction of sp³-hybridized carbons (Fsp3) is 0.677. The first-order valence-corrected chi connectivity index (χ1v) is 16.4. The number of nitrogens with one attached hydrogen (secondary N) is 2. The van der Waals surface area contributed by atoms with Crippen LogP contribution in [0.25, 0.3) is 0 Å². The Hall–Kier alpha value is -3.15. The van der Waals surface area contributed by atoms with E-state index >= 15 is 0 Å². The number of carbonyl (C=O) groups excluding carboxylic acids is 4. The number of cyclic esters (lactones) is 1. The van der Waals surface area contributed by atoms with Crippen LogP contribution in [0.5, 0.6) is 0 Å². The molecule has 1 unspecified atom stereocenters. The van der Waals surface area contributed by atoms with E-state index in [9.17, 15) is 19.2 Å². The number of rotatable bonds is 13. The third-order valence-electron chi connectivity index (χ3n) is 7.26. The zero-order valence-corrected chi connectivity index (χ0v) is 26.6. The molecule has 11 nitrogen and oxygen atoms in total. The lowest BCUT2D eigenvalue weighted by atomic mass is 10.00. The Morgan fingerprint density at radius 3 is 2.72 bits per heavy atom. The van der Waals surface area contributed by atoms with Gasteiger partial charge < -0.3 is 24.5 Å². The topological polar surface area (TPSA) is 149 Å². The van der Waals surface area contributed by atoms with Crippen molar-refractivity contribution in [1.82, 2.24) is 15.6 Å². The van der Waals surface area contributed by atoms with Gasteiger partial charge in [0.05, 0.1) is 13.0 Å². The van der Waals surface area contributed by atoms with E-state index in [0.717, 1.165) is 31.4 Å². The predicted molar refractivity (Wildman–Crippen MR) is 164 cm³/mol. The summed E-state index contributed by atoms with van der Waals surface area (Å²) in [5.74, 6) is -0.573. The number of aliphatic imine (C=N–C) groups is 1. The number of fused-ring (bicyclic) bond motifs is 4. The van der Waals surface area contributed by atoms with Crippen LogP contribution in [0.1, 0.15) is 103 Å². The Kier molecular flexibility index (Phi) is 13.8. The van der Waals surface area contributed by atoms with Crippen molar-refractivity contribution < 1.29 is 33.1 Å². The molecule has 3 heterocycles. The molecule has 1 aromatic heterocycles. The van der Waals surface area contributed by atoms with E-state index in [1.165, 1.54) is 37.3 Å². The minimum absolute atomic E-state index is 0.0238. The number of oxazole rings is 1. The van der Waals surface area contributed by atoms with Crippen LogP contribution in [0.3, 0.4) is 0 Å². The predicted octanol–water partition coefficient (Wildman–Crippen LogP) is 4.63. The molecule has 2 aliphatic heterocycles. The molecule has 0 radical (unpaired) electrons. The lowest BCUT2D eigenvalue weighted by molar-refractivity contribution is -0.153. The number of thioether (sulfide) groups is 1. The minimum atomic E-state index is -1.26. The van der Waals surface area contributed by atoms with E-state index in [-0.39, 0.29) is 48.3 Å². The van der Waals surface area contributed by atoms with Crippen LogP contribution in [0.15, 0.2) is 27.8 Å². The van der Waals surface area contributed by atoms with Gasteiger partial charge in [-0.15, -0.1) is 0 Å². The summed E-state index contributed by atoms with van der Waals surface area (Å²) in [6.45, 7) is 7.41. The third kappa shape index (κ3) is 11.1. The van der Waals surface area contributed by atoms with Crippen LogP contribution in [0.2, 0.25) is 0 Å². The number of hydrogen-bond acceptors (Lipinski definition) is 10. The summed E-state index contributed by atoms with van der Waals surface area (Å²) < 4.78 is 16.8. The summed E-state index contributed by atoms with van der Waals surface area (Å²) in [4.78, 5) is 60.0. The van der Waals surface area contributed by atoms with Gasteiger partial charge in [0.2, 0.25) is 17.7 Å². The molecule has 1 aromatic rings. The molecule has 0 spiro atoms. The molecule has 0 aliphatic carbocycles. The molecule has 43 heavy (non-hydrogen) atoms. The van der Waals surface area contributed by atoms with Gasteiger partial charge in [-0.3, -0.25) is 14.4 Å². The lowest BCUT2D eigenvalue weighted by Gasteiger charge is -2.26. The standard InChI is InChI=1S/C31H46N4O7S/c1-5-6-7-8-12-15-26(37)43-16-13-10-9-11-14-22-17-24(36)32-18-25-33-23(19-40-25)28-35-31(4,20-41-28)30(39)34-27(21(2)3)29(38)42-22/h11,14,19,21-22,27H,5-10,12-13,15-18,20H2,1-4H3,(H,32,36)(H,34,39)/b14-11+/t22?,27-,31-/m0/s1. The van der Waals surface area contributed by atoms with Crippen molar-refractivity contribution in [2.45, 2.75) is 116 Å². The van der Waals surface area contributed by atoms with Crippen molar-refractivity contribution in [2.24, 2.45) is 10.9 Å². The molecule has 0 fully saturated rings. The monoisotopic (exact) mass is 618 g/mol. The maximum absolute atomic E-state index is 13.2. The second-order valence-corrected chi connectivity index (χ2v) is 12.7. The Bertz CT molecular complexity index is 1160. The minimum Gasteiger partial charge on any atom is -0.473 e. The molecular weight excluding hydrogens is 572 g/mol. The van der Waals surface area contributed by atoms with Gasteiger partial charge in [-0.05, 0) is 44.6 Å². The Morgan fingerprint density at radius 1 is 1.16 bits per heavy atom. The molecule has 2 N–H and O–H groups in total. The fourth-order valence-electron chi connectivity index (χ4n) is 4.57. The first kappa shape index (κ1) is 34.3. The molecule has 2 amide bonds. The molecule has 12 heteroatoms. The second-order valence-electron chi connectivity index (χ2n) is 11.6. The van der Waals surface area contributed by atoms with Gasteiger partial charge in [0.15, 0.2) is 16.3 Å². The number of carbonyl (C=O) groups is 4. The summed E-state index contributed by atoms with van der Waals surface area (Å²) in [7, 11) is 0. The van der Waals surface area contributed by atoms with Crippen LogP contribution in [0.4, 0.5) is 0 Å². The molecule has 4 bridgehead atoms. The number of ether oxygens (including phenoxy) is 2. The molecule has 238 valence electrons. The van der Waals surface area contributed by atoms with Gasteiger partial charge in [-0.25, -0.2) is 14.8 Å². The third-order valence-corrected chi connectivity index (χ3v) is 8.28. The van der Waals surface area contributed by atoms with Crippen molar-refractivity contribution in [3.8, 4) is 0 Å². The van der Waals surface area contributed by atoms with E-state index in [4.69, 9.17) is 13.9 Å². The highest BCUT2D eigenvalue weighted by Crippen LogP contribution is 2.23. The molecular formula is C31H46N4O7S. The Labute approximate surface area is 258 Å². The average molecular weight is 619 g/mol. The van der Waals surface area contributed by atoms with Gasteiger partial charge in [0, 0.05) is 12.2 Å². The number of unbranched alkanes of at least 4 members (excludes halogenated alkanes) is 6. The van der Waals surface area contributed by atoms with Crippen molar-refractivity contribution >= 4 is 40.6 Å². The molecule has 3 rings (SSSR count). The van der Waals surface area contributed by atoms with Gasteiger partial charge in [0.1, 0.15) is 25.0 Å². The van der Waals surface area contributed by atoms with E-state index in [2.05, 4.69) is 27.5 Å². The molecule has 3 atom stereocenters. The number of nitrogens with zero attached hydrogens (tertiary/aromatic N) is 2. The number of esters is 1. The smallest absolute Gasteiger partial charge is 0.329 e. The number of aromatic nitrogens is 1. The SMILES string of the molecule is CCCCCCCC(=O)SCCCC/C=C/C1CC(=O)NCc2nc(co2)C2=N[C@@](C)(CO2)C(=O)N[C@@H](C(C)C)C(=O)O1. The van der Waals surface area contributed by atoms with Crippen LogP contribution < -0.4 is 10.6 Å². The van der Waals surface area contributed by atoms with Crippen molar-refractivity contribution in [2.75, 3.05) is 12.4 Å². The highest BCUT2D eigenvalue weighted by Gasteiger charge is 2.43. The number of hydrogen-bond donors (Lipinski definition) is 2.